The maximum atomic E-state index is 12.5. The first-order valence-electron chi connectivity index (χ1n) is 7.52. The van der Waals surface area contributed by atoms with Gasteiger partial charge in [0.15, 0.2) is 5.78 Å². The van der Waals surface area contributed by atoms with Crippen molar-refractivity contribution in [2.75, 3.05) is 5.75 Å². The SMILES string of the molecule is CCCCSC=C1CCC2(C)CCCCC2C1=O. The molecule has 0 aromatic carbocycles. The summed E-state index contributed by atoms with van der Waals surface area (Å²) in [5.41, 5.74) is 1.45. The Morgan fingerprint density at radius 2 is 2.22 bits per heavy atom. The van der Waals surface area contributed by atoms with Gasteiger partial charge in [0.05, 0.1) is 0 Å². The molecule has 2 saturated carbocycles. The molecule has 0 N–H and O–H groups in total. The number of thioether (sulfide) groups is 1. The second-order valence-electron chi connectivity index (χ2n) is 6.18. The van der Waals surface area contributed by atoms with E-state index in [0.717, 1.165) is 24.2 Å². The lowest BCUT2D eigenvalue weighted by Crippen LogP contribution is -2.40. The predicted molar refractivity (Wildman–Crippen MR) is 79.8 cm³/mol. The Bertz CT molecular complexity index is 334. The molecule has 2 rings (SSSR count). The van der Waals surface area contributed by atoms with E-state index in [1.54, 1.807) is 0 Å². The molecule has 1 nitrogen and oxygen atoms in total. The van der Waals surface area contributed by atoms with Crippen molar-refractivity contribution in [2.45, 2.75) is 65.2 Å². The molecule has 0 bridgehead atoms. The first-order valence-corrected chi connectivity index (χ1v) is 8.57. The maximum absolute atomic E-state index is 12.5. The number of Topliss-reactive ketones (excluding diaryl/α,β-unsaturated/α-hetero) is 1. The van der Waals surface area contributed by atoms with Gasteiger partial charge in [0.1, 0.15) is 0 Å². The van der Waals surface area contributed by atoms with Crippen LogP contribution in [0.5, 0.6) is 0 Å². The third kappa shape index (κ3) is 3.01. The van der Waals surface area contributed by atoms with Crippen molar-refractivity contribution in [1.29, 1.82) is 0 Å². The summed E-state index contributed by atoms with van der Waals surface area (Å²) < 4.78 is 0. The summed E-state index contributed by atoms with van der Waals surface area (Å²) in [4.78, 5) is 12.5. The molecule has 0 aliphatic heterocycles. The zero-order valence-electron chi connectivity index (χ0n) is 11.8. The Morgan fingerprint density at radius 3 is 3.00 bits per heavy atom. The van der Waals surface area contributed by atoms with Crippen LogP contribution in [-0.4, -0.2) is 11.5 Å². The van der Waals surface area contributed by atoms with Crippen LogP contribution in [0.2, 0.25) is 0 Å². The minimum Gasteiger partial charge on any atom is -0.294 e. The molecule has 0 heterocycles. The Morgan fingerprint density at radius 1 is 1.39 bits per heavy atom. The van der Waals surface area contributed by atoms with E-state index in [-0.39, 0.29) is 0 Å². The number of ketones is 1. The van der Waals surface area contributed by atoms with Crippen LogP contribution >= 0.6 is 11.8 Å². The highest BCUT2D eigenvalue weighted by Crippen LogP contribution is 2.50. The maximum Gasteiger partial charge on any atom is 0.162 e. The van der Waals surface area contributed by atoms with Crippen LogP contribution in [0.3, 0.4) is 0 Å². The first kappa shape index (κ1) is 14.2. The van der Waals surface area contributed by atoms with Crippen LogP contribution in [0.15, 0.2) is 11.0 Å². The number of rotatable bonds is 4. The Labute approximate surface area is 116 Å². The average molecular weight is 266 g/mol. The van der Waals surface area contributed by atoms with Crippen LogP contribution in [0.1, 0.15) is 65.2 Å². The number of allylic oxidation sites excluding steroid dienone is 1. The molecule has 0 aromatic heterocycles. The number of carbonyl (C=O) groups is 1. The van der Waals surface area contributed by atoms with Gasteiger partial charge in [-0.15, -0.1) is 11.8 Å². The Hall–Kier alpha value is -0.240. The van der Waals surface area contributed by atoms with E-state index in [1.807, 2.05) is 11.8 Å². The molecule has 2 aliphatic rings. The summed E-state index contributed by atoms with van der Waals surface area (Å²) in [7, 11) is 0. The summed E-state index contributed by atoms with van der Waals surface area (Å²) in [6.45, 7) is 4.56. The summed E-state index contributed by atoms with van der Waals surface area (Å²) >= 11 is 1.84. The van der Waals surface area contributed by atoms with Gasteiger partial charge in [-0.2, -0.15) is 0 Å². The van der Waals surface area contributed by atoms with Gasteiger partial charge in [0, 0.05) is 11.5 Å². The van der Waals surface area contributed by atoms with Gasteiger partial charge in [-0.3, -0.25) is 4.79 Å². The fourth-order valence-electron chi connectivity index (χ4n) is 3.42. The van der Waals surface area contributed by atoms with Crippen LogP contribution < -0.4 is 0 Å². The molecular weight excluding hydrogens is 240 g/mol. The normalized spacial score (nSPS) is 34.7. The summed E-state index contributed by atoms with van der Waals surface area (Å²) in [5.74, 6) is 1.97. The van der Waals surface area contributed by atoms with Crippen LogP contribution in [0, 0.1) is 11.3 Å². The summed E-state index contributed by atoms with van der Waals surface area (Å²) in [6, 6.07) is 0. The first-order chi connectivity index (χ1) is 8.67. The van der Waals surface area contributed by atoms with Gasteiger partial charge < -0.3 is 0 Å². The van der Waals surface area contributed by atoms with Crippen molar-refractivity contribution in [3.8, 4) is 0 Å². The minimum absolute atomic E-state index is 0.320. The van der Waals surface area contributed by atoms with Crippen molar-refractivity contribution in [1.82, 2.24) is 0 Å². The fraction of sp³-hybridized carbons (Fsp3) is 0.812. The molecule has 2 unspecified atom stereocenters. The van der Waals surface area contributed by atoms with E-state index < -0.39 is 0 Å². The third-order valence-corrected chi connectivity index (χ3v) is 5.75. The van der Waals surface area contributed by atoms with Crippen molar-refractivity contribution in [3.63, 3.8) is 0 Å². The van der Waals surface area contributed by atoms with Crippen LogP contribution in [-0.2, 0) is 4.79 Å². The van der Waals surface area contributed by atoms with Gasteiger partial charge >= 0.3 is 0 Å². The molecule has 2 atom stereocenters. The van der Waals surface area contributed by atoms with Crippen LogP contribution in [0.4, 0.5) is 0 Å². The zero-order chi connectivity index (χ0) is 13.0. The summed E-state index contributed by atoms with van der Waals surface area (Å²) in [5, 5.41) is 2.17. The molecule has 0 spiro atoms. The van der Waals surface area contributed by atoms with Crippen molar-refractivity contribution >= 4 is 17.5 Å². The molecular formula is C16H26OS. The molecule has 0 saturated heterocycles. The smallest absolute Gasteiger partial charge is 0.162 e. The molecule has 2 fully saturated rings. The Kier molecular flexibility index (Phi) is 4.94. The quantitative estimate of drug-likeness (QED) is 0.528. The van der Waals surface area contributed by atoms with E-state index >= 15 is 0 Å². The van der Waals surface area contributed by atoms with Gasteiger partial charge in [-0.05, 0) is 48.7 Å². The van der Waals surface area contributed by atoms with E-state index in [4.69, 9.17) is 0 Å². The highest BCUT2D eigenvalue weighted by molar-refractivity contribution is 8.02. The second-order valence-corrected chi connectivity index (χ2v) is 7.16. The van der Waals surface area contributed by atoms with Gasteiger partial charge in [0.2, 0.25) is 0 Å². The molecule has 2 heteroatoms. The van der Waals surface area contributed by atoms with Gasteiger partial charge in [0.25, 0.3) is 0 Å². The average Bonchev–Trinajstić information content (AvgIpc) is 2.37. The Balaban J connectivity index is 1.98. The lowest BCUT2D eigenvalue weighted by atomic mass is 9.59. The zero-order valence-corrected chi connectivity index (χ0v) is 12.7. The lowest BCUT2D eigenvalue weighted by molar-refractivity contribution is -0.127. The van der Waals surface area contributed by atoms with E-state index in [1.165, 1.54) is 38.5 Å². The van der Waals surface area contributed by atoms with Crippen molar-refractivity contribution in [3.05, 3.63) is 11.0 Å². The van der Waals surface area contributed by atoms with Crippen molar-refractivity contribution < 1.29 is 4.79 Å². The molecule has 102 valence electrons. The second kappa shape index (κ2) is 6.27. The number of carbonyl (C=O) groups excluding carboxylic acids is 1. The summed E-state index contributed by atoms with van der Waals surface area (Å²) in [6.07, 6.45) is 9.71. The monoisotopic (exact) mass is 266 g/mol. The van der Waals surface area contributed by atoms with E-state index in [2.05, 4.69) is 19.3 Å². The van der Waals surface area contributed by atoms with Crippen molar-refractivity contribution in [2.24, 2.45) is 11.3 Å². The number of fused-ring (bicyclic) bond motifs is 1. The molecule has 2 aliphatic carbocycles. The highest BCUT2D eigenvalue weighted by Gasteiger charge is 2.44. The number of unbranched alkanes of at least 4 members (excludes halogenated alkanes) is 1. The highest BCUT2D eigenvalue weighted by atomic mass is 32.2. The third-order valence-electron chi connectivity index (χ3n) is 4.77. The standard InChI is InChI=1S/C16H26OS/c1-3-4-11-18-12-13-8-10-16(2)9-6-5-7-14(16)15(13)17/h12,14H,3-11H2,1-2H3. The van der Waals surface area contributed by atoms with E-state index in [9.17, 15) is 4.79 Å². The van der Waals surface area contributed by atoms with E-state index in [0.29, 0.717) is 17.1 Å². The van der Waals surface area contributed by atoms with Gasteiger partial charge in [-0.25, -0.2) is 0 Å². The number of hydrogen-bond acceptors (Lipinski definition) is 2. The fourth-order valence-corrected chi connectivity index (χ4v) is 4.43. The molecule has 0 radical (unpaired) electrons. The topological polar surface area (TPSA) is 17.1 Å². The predicted octanol–water partition coefficient (Wildman–Crippen LogP) is 4.96. The largest absolute Gasteiger partial charge is 0.294 e. The number of hydrogen-bond donors (Lipinski definition) is 0. The lowest BCUT2D eigenvalue weighted by Gasteiger charge is -2.44. The van der Waals surface area contributed by atoms with Gasteiger partial charge in [-0.1, -0.05) is 33.1 Å². The van der Waals surface area contributed by atoms with Crippen LogP contribution in [0.25, 0.3) is 0 Å². The molecule has 0 aromatic rings. The molecule has 18 heavy (non-hydrogen) atoms. The minimum atomic E-state index is 0.320. The molecule has 0 amide bonds.